The second-order valence-corrected chi connectivity index (χ2v) is 6.49. The third-order valence-corrected chi connectivity index (χ3v) is 4.73. The van der Waals surface area contributed by atoms with Gasteiger partial charge in [-0.05, 0) is 34.9 Å². The van der Waals surface area contributed by atoms with E-state index in [4.69, 9.17) is 0 Å². The van der Waals surface area contributed by atoms with Crippen LogP contribution in [0.25, 0.3) is 0 Å². The van der Waals surface area contributed by atoms with E-state index >= 15 is 0 Å². The first kappa shape index (κ1) is 16.5. The van der Waals surface area contributed by atoms with Gasteiger partial charge in [0.2, 0.25) is 0 Å². The van der Waals surface area contributed by atoms with E-state index in [1.165, 1.54) is 12.1 Å². The molecule has 0 N–H and O–H groups in total. The van der Waals surface area contributed by atoms with Crippen LogP contribution in [0.3, 0.4) is 0 Å². The van der Waals surface area contributed by atoms with Gasteiger partial charge in [0.1, 0.15) is 5.82 Å². The molecule has 0 unspecified atom stereocenters. The number of hydrazine groups is 1. The summed E-state index contributed by atoms with van der Waals surface area (Å²) in [4.78, 5) is 13.3. The smallest absolute Gasteiger partial charge is 0.253 e. The molecule has 1 aliphatic rings. The summed E-state index contributed by atoms with van der Waals surface area (Å²) in [6.45, 7) is 0.516. The molecule has 130 valence electrons. The molecule has 1 amide bonds. The summed E-state index contributed by atoms with van der Waals surface area (Å²) < 4.78 is 13.1. The quantitative estimate of drug-likeness (QED) is 0.701. The third kappa shape index (κ3) is 2.89. The zero-order valence-electron chi connectivity index (χ0n) is 14.5. The Morgan fingerprint density at radius 2 is 1.58 bits per heavy atom. The van der Waals surface area contributed by atoms with Crippen molar-refractivity contribution in [2.45, 2.75) is 12.5 Å². The van der Waals surface area contributed by atoms with E-state index in [0.29, 0.717) is 6.54 Å². The molecule has 0 fully saturated rings. The first-order valence-corrected chi connectivity index (χ1v) is 8.58. The number of carbonyl (C=O) groups excluding carboxylic acids is 1. The Hall–Kier alpha value is -2.98. The van der Waals surface area contributed by atoms with Gasteiger partial charge in [-0.1, -0.05) is 60.7 Å². The maximum absolute atomic E-state index is 13.3. The van der Waals surface area contributed by atoms with Crippen LogP contribution in [-0.4, -0.2) is 18.0 Å². The lowest BCUT2D eigenvalue weighted by Gasteiger charge is -2.29. The van der Waals surface area contributed by atoms with Crippen LogP contribution in [0.4, 0.5) is 10.1 Å². The SMILES string of the molecule is CN(Cc1ccc(F)cc1)N1C(=O)[C@H](c2ccccc2)c2ccccc21. The van der Waals surface area contributed by atoms with Crippen molar-refractivity contribution in [1.29, 1.82) is 0 Å². The predicted molar refractivity (Wildman–Crippen MR) is 100 cm³/mol. The molecule has 0 saturated carbocycles. The summed E-state index contributed by atoms with van der Waals surface area (Å²) >= 11 is 0. The van der Waals surface area contributed by atoms with E-state index in [0.717, 1.165) is 22.4 Å². The Labute approximate surface area is 152 Å². The number of hydrogen-bond acceptors (Lipinski definition) is 2. The minimum atomic E-state index is -0.303. The summed E-state index contributed by atoms with van der Waals surface area (Å²) in [5, 5.41) is 3.62. The first-order chi connectivity index (χ1) is 12.6. The maximum Gasteiger partial charge on any atom is 0.253 e. The molecule has 4 rings (SSSR count). The largest absolute Gasteiger partial charge is 0.272 e. The molecular weight excluding hydrogens is 327 g/mol. The van der Waals surface area contributed by atoms with Crippen molar-refractivity contribution in [2.24, 2.45) is 0 Å². The standard InChI is InChI=1S/C22H19FN2O/c1-24(15-16-11-13-18(23)14-12-16)25-20-10-6-5-9-19(20)21(22(25)26)17-7-3-2-4-8-17/h2-14,21H,15H2,1H3/t21-/m1/s1. The Kier molecular flexibility index (Phi) is 4.27. The van der Waals surface area contributed by atoms with Crippen molar-refractivity contribution in [1.82, 2.24) is 5.01 Å². The maximum atomic E-state index is 13.3. The molecule has 26 heavy (non-hydrogen) atoms. The summed E-state index contributed by atoms with van der Waals surface area (Å²) in [5.74, 6) is -0.534. The number of benzene rings is 3. The van der Waals surface area contributed by atoms with Gasteiger partial charge in [0.05, 0.1) is 11.6 Å². The van der Waals surface area contributed by atoms with Gasteiger partial charge in [-0.3, -0.25) is 4.79 Å². The zero-order chi connectivity index (χ0) is 18.1. The van der Waals surface area contributed by atoms with Crippen molar-refractivity contribution in [3.05, 3.63) is 101 Å². The molecule has 0 bridgehead atoms. The van der Waals surface area contributed by atoms with Crippen molar-refractivity contribution in [2.75, 3.05) is 12.1 Å². The number of para-hydroxylation sites is 1. The van der Waals surface area contributed by atoms with Crippen molar-refractivity contribution >= 4 is 11.6 Å². The Morgan fingerprint density at radius 3 is 2.31 bits per heavy atom. The van der Waals surface area contributed by atoms with Crippen LogP contribution in [0.2, 0.25) is 0 Å². The van der Waals surface area contributed by atoms with E-state index in [9.17, 15) is 9.18 Å². The van der Waals surface area contributed by atoms with E-state index in [1.54, 1.807) is 17.1 Å². The minimum absolute atomic E-state index is 0.0296. The lowest BCUT2D eigenvalue weighted by molar-refractivity contribution is -0.121. The van der Waals surface area contributed by atoms with Gasteiger partial charge in [-0.2, -0.15) is 0 Å². The normalized spacial score (nSPS) is 16.2. The molecule has 0 radical (unpaired) electrons. The highest BCUT2D eigenvalue weighted by atomic mass is 19.1. The molecule has 0 saturated heterocycles. The number of nitrogens with zero attached hydrogens (tertiary/aromatic N) is 2. The molecule has 3 aromatic carbocycles. The lowest BCUT2D eigenvalue weighted by atomic mass is 9.93. The Balaban J connectivity index is 1.68. The van der Waals surface area contributed by atoms with E-state index < -0.39 is 0 Å². The average Bonchev–Trinajstić information content (AvgIpc) is 2.96. The second-order valence-electron chi connectivity index (χ2n) is 6.49. The molecule has 4 heteroatoms. The number of halogens is 1. The van der Waals surface area contributed by atoms with Gasteiger partial charge in [0.25, 0.3) is 5.91 Å². The fourth-order valence-electron chi connectivity index (χ4n) is 3.54. The first-order valence-electron chi connectivity index (χ1n) is 8.58. The molecule has 1 heterocycles. The van der Waals surface area contributed by atoms with Crippen LogP contribution in [0, 0.1) is 5.82 Å². The third-order valence-electron chi connectivity index (χ3n) is 4.73. The van der Waals surface area contributed by atoms with Gasteiger partial charge >= 0.3 is 0 Å². The second kappa shape index (κ2) is 6.73. The van der Waals surface area contributed by atoms with Crippen LogP contribution in [0.15, 0.2) is 78.9 Å². The van der Waals surface area contributed by atoms with E-state index in [-0.39, 0.29) is 17.6 Å². The van der Waals surface area contributed by atoms with E-state index in [2.05, 4.69) is 0 Å². The minimum Gasteiger partial charge on any atom is -0.272 e. The summed E-state index contributed by atoms with van der Waals surface area (Å²) in [6, 6.07) is 24.1. The number of carbonyl (C=O) groups is 1. The van der Waals surface area contributed by atoms with Gasteiger partial charge in [-0.15, -0.1) is 0 Å². The summed E-state index contributed by atoms with van der Waals surface area (Å²) in [6.07, 6.45) is 0. The highest BCUT2D eigenvalue weighted by molar-refractivity contribution is 6.06. The van der Waals surface area contributed by atoms with Crippen LogP contribution < -0.4 is 5.01 Å². The summed E-state index contributed by atoms with van der Waals surface area (Å²) in [7, 11) is 1.88. The van der Waals surface area contributed by atoms with Crippen molar-refractivity contribution < 1.29 is 9.18 Å². The molecule has 3 aromatic rings. The topological polar surface area (TPSA) is 23.6 Å². The average molecular weight is 346 g/mol. The molecule has 3 nitrogen and oxygen atoms in total. The van der Waals surface area contributed by atoms with Crippen LogP contribution in [0.1, 0.15) is 22.6 Å². The summed E-state index contributed by atoms with van der Waals surface area (Å²) in [5.41, 5.74) is 3.84. The van der Waals surface area contributed by atoms with Gasteiger partial charge in [0.15, 0.2) is 0 Å². The highest BCUT2D eigenvalue weighted by Crippen LogP contribution is 2.41. The van der Waals surface area contributed by atoms with E-state index in [1.807, 2.05) is 66.7 Å². The molecule has 0 aromatic heterocycles. The molecule has 1 atom stereocenters. The fraction of sp³-hybridized carbons (Fsp3) is 0.136. The number of anilines is 1. The number of fused-ring (bicyclic) bond motifs is 1. The predicted octanol–water partition coefficient (Wildman–Crippen LogP) is 4.35. The number of amides is 1. The van der Waals surface area contributed by atoms with Gasteiger partial charge in [-0.25, -0.2) is 14.4 Å². The molecular formula is C22H19FN2O. The van der Waals surface area contributed by atoms with Crippen molar-refractivity contribution in [3.8, 4) is 0 Å². The highest BCUT2D eigenvalue weighted by Gasteiger charge is 2.39. The van der Waals surface area contributed by atoms with Crippen LogP contribution in [0.5, 0.6) is 0 Å². The molecule has 1 aliphatic heterocycles. The van der Waals surface area contributed by atoms with Gasteiger partial charge in [0, 0.05) is 13.6 Å². The van der Waals surface area contributed by atoms with Crippen molar-refractivity contribution in [3.63, 3.8) is 0 Å². The Bertz CT molecular complexity index is 924. The fourth-order valence-corrected chi connectivity index (χ4v) is 3.54. The van der Waals surface area contributed by atoms with Crippen LogP contribution >= 0.6 is 0 Å². The number of rotatable bonds is 4. The van der Waals surface area contributed by atoms with Gasteiger partial charge < -0.3 is 0 Å². The molecule has 0 aliphatic carbocycles. The molecule has 0 spiro atoms. The van der Waals surface area contributed by atoms with Crippen LogP contribution in [-0.2, 0) is 11.3 Å². The zero-order valence-corrected chi connectivity index (χ0v) is 14.5. The Morgan fingerprint density at radius 1 is 0.923 bits per heavy atom. The monoisotopic (exact) mass is 346 g/mol. The lowest BCUT2D eigenvalue weighted by Crippen LogP contribution is -2.42. The number of hydrogen-bond donors (Lipinski definition) is 0.